The number of carbonyl (C=O) groups excluding carboxylic acids is 1. The lowest BCUT2D eigenvalue weighted by Crippen LogP contribution is -2.37. The van der Waals surface area contributed by atoms with Crippen molar-refractivity contribution >= 4 is 11.9 Å². The topological polar surface area (TPSA) is 79.5 Å². The van der Waals surface area contributed by atoms with Gasteiger partial charge in [-0.3, -0.25) is 4.79 Å². The van der Waals surface area contributed by atoms with E-state index in [4.69, 9.17) is 5.73 Å². The number of hydrogen-bond donors (Lipinski definition) is 3. The van der Waals surface area contributed by atoms with Crippen LogP contribution in [0, 0.1) is 5.82 Å². The van der Waals surface area contributed by atoms with Gasteiger partial charge in [-0.1, -0.05) is 18.2 Å². The molecule has 0 fully saturated rings. The highest BCUT2D eigenvalue weighted by atomic mass is 19.4. The summed E-state index contributed by atoms with van der Waals surface area (Å²) in [6, 6.07) is 9.12. The molecule has 2 rings (SSSR count). The fourth-order valence-corrected chi connectivity index (χ4v) is 2.48. The molecule has 9 heteroatoms. The normalized spacial score (nSPS) is 12.0. The SMILES string of the molecule is CCNC(=NCc1cccc(C(N)=O)c1)NCc1ccc(F)cc1C(F)(F)F. The Morgan fingerprint density at radius 1 is 1.14 bits per heavy atom. The second-order valence-electron chi connectivity index (χ2n) is 5.91. The van der Waals surface area contributed by atoms with Crippen molar-refractivity contribution in [2.75, 3.05) is 6.54 Å². The first-order chi connectivity index (χ1) is 13.2. The quantitative estimate of drug-likeness (QED) is 0.399. The van der Waals surface area contributed by atoms with Crippen LogP contribution in [0.3, 0.4) is 0 Å². The average molecular weight is 396 g/mol. The van der Waals surface area contributed by atoms with Crippen molar-refractivity contribution < 1.29 is 22.4 Å². The van der Waals surface area contributed by atoms with E-state index in [1.54, 1.807) is 24.3 Å². The summed E-state index contributed by atoms with van der Waals surface area (Å²) in [4.78, 5) is 15.5. The highest BCUT2D eigenvalue weighted by Crippen LogP contribution is 2.32. The molecule has 0 bridgehead atoms. The molecule has 2 aromatic carbocycles. The molecule has 0 saturated carbocycles. The number of nitrogens with one attached hydrogen (secondary N) is 2. The molecule has 0 aliphatic rings. The van der Waals surface area contributed by atoms with E-state index >= 15 is 0 Å². The molecule has 2 aromatic rings. The molecule has 0 aliphatic heterocycles. The maximum Gasteiger partial charge on any atom is 0.416 e. The number of nitrogens with two attached hydrogens (primary N) is 1. The van der Waals surface area contributed by atoms with Gasteiger partial charge in [0.25, 0.3) is 0 Å². The molecular formula is C19H20F4N4O. The van der Waals surface area contributed by atoms with Gasteiger partial charge in [-0.05, 0) is 42.3 Å². The zero-order valence-electron chi connectivity index (χ0n) is 15.1. The lowest BCUT2D eigenvalue weighted by atomic mass is 10.1. The van der Waals surface area contributed by atoms with Gasteiger partial charge in [0.15, 0.2) is 5.96 Å². The van der Waals surface area contributed by atoms with Crippen LogP contribution in [0.4, 0.5) is 17.6 Å². The number of benzene rings is 2. The smallest absolute Gasteiger partial charge is 0.366 e. The molecule has 0 aliphatic carbocycles. The maximum absolute atomic E-state index is 13.2. The Morgan fingerprint density at radius 2 is 1.89 bits per heavy atom. The molecule has 4 N–H and O–H groups in total. The Kier molecular flexibility index (Phi) is 6.97. The van der Waals surface area contributed by atoms with Crippen LogP contribution in [0.2, 0.25) is 0 Å². The predicted octanol–water partition coefficient (Wildman–Crippen LogP) is 3.20. The summed E-state index contributed by atoms with van der Waals surface area (Å²) >= 11 is 0. The van der Waals surface area contributed by atoms with Crippen molar-refractivity contribution in [3.05, 3.63) is 70.5 Å². The number of rotatable bonds is 6. The number of nitrogens with zero attached hydrogens (tertiary/aromatic N) is 1. The average Bonchev–Trinajstić information content (AvgIpc) is 2.64. The Labute approximate surface area is 159 Å². The molecule has 5 nitrogen and oxygen atoms in total. The molecule has 0 radical (unpaired) electrons. The Bertz CT molecular complexity index is 865. The molecule has 0 heterocycles. The van der Waals surface area contributed by atoms with Crippen molar-refractivity contribution in [1.82, 2.24) is 10.6 Å². The number of amides is 1. The number of aliphatic imine (C=N–C) groups is 1. The molecular weight excluding hydrogens is 376 g/mol. The first kappa shape index (κ1) is 21.2. The Balaban J connectivity index is 2.14. The van der Waals surface area contributed by atoms with Crippen molar-refractivity contribution in [3.8, 4) is 0 Å². The van der Waals surface area contributed by atoms with Gasteiger partial charge in [0.2, 0.25) is 5.91 Å². The van der Waals surface area contributed by atoms with Gasteiger partial charge in [-0.2, -0.15) is 13.2 Å². The number of alkyl halides is 3. The highest BCUT2D eigenvalue weighted by Gasteiger charge is 2.33. The number of carbonyl (C=O) groups is 1. The first-order valence-electron chi connectivity index (χ1n) is 8.47. The molecule has 28 heavy (non-hydrogen) atoms. The summed E-state index contributed by atoms with van der Waals surface area (Å²) in [5.41, 5.74) is 5.16. The monoisotopic (exact) mass is 396 g/mol. The summed E-state index contributed by atoms with van der Waals surface area (Å²) in [6.07, 6.45) is -4.66. The van der Waals surface area contributed by atoms with E-state index < -0.39 is 23.5 Å². The zero-order valence-corrected chi connectivity index (χ0v) is 15.1. The lowest BCUT2D eigenvalue weighted by molar-refractivity contribution is -0.138. The third-order valence-corrected chi connectivity index (χ3v) is 3.80. The van der Waals surface area contributed by atoms with E-state index in [2.05, 4.69) is 15.6 Å². The minimum absolute atomic E-state index is 0.102. The van der Waals surface area contributed by atoms with Crippen LogP contribution >= 0.6 is 0 Å². The van der Waals surface area contributed by atoms with Crippen LogP contribution in [-0.4, -0.2) is 18.4 Å². The van der Waals surface area contributed by atoms with E-state index in [-0.39, 0.29) is 24.6 Å². The van der Waals surface area contributed by atoms with Crippen molar-refractivity contribution in [2.45, 2.75) is 26.2 Å². The summed E-state index contributed by atoms with van der Waals surface area (Å²) < 4.78 is 52.5. The number of halogens is 4. The van der Waals surface area contributed by atoms with E-state index in [0.29, 0.717) is 23.7 Å². The lowest BCUT2D eigenvalue weighted by Gasteiger charge is -2.16. The van der Waals surface area contributed by atoms with Gasteiger partial charge in [0.05, 0.1) is 12.1 Å². The summed E-state index contributed by atoms with van der Waals surface area (Å²) in [7, 11) is 0. The van der Waals surface area contributed by atoms with Crippen LogP contribution < -0.4 is 16.4 Å². The van der Waals surface area contributed by atoms with Crippen molar-refractivity contribution in [1.29, 1.82) is 0 Å². The molecule has 150 valence electrons. The van der Waals surface area contributed by atoms with Crippen LogP contribution in [0.15, 0.2) is 47.5 Å². The van der Waals surface area contributed by atoms with Gasteiger partial charge in [-0.25, -0.2) is 9.38 Å². The fraction of sp³-hybridized carbons (Fsp3) is 0.263. The molecule has 0 aromatic heterocycles. The van der Waals surface area contributed by atoms with Crippen molar-refractivity contribution in [2.24, 2.45) is 10.7 Å². The summed E-state index contributed by atoms with van der Waals surface area (Å²) in [5, 5.41) is 5.72. The fourth-order valence-electron chi connectivity index (χ4n) is 2.48. The Hall–Kier alpha value is -3.10. The largest absolute Gasteiger partial charge is 0.416 e. The van der Waals surface area contributed by atoms with E-state index in [9.17, 15) is 22.4 Å². The second-order valence-corrected chi connectivity index (χ2v) is 5.91. The van der Waals surface area contributed by atoms with Crippen LogP contribution in [0.1, 0.15) is 34.0 Å². The number of guanidine groups is 1. The van der Waals surface area contributed by atoms with Gasteiger partial charge in [0.1, 0.15) is 5.82 Å². The molecule has 0 atom stereocenters. The van der Waals surface area contributed by atoms with Crippen molar-refractivity contribution in [3.63, 3.8) is 0 Å². The van der Waals surface area contributed by atoms with Gasteiger partial charge < -0.3 is 16.4 Å². The highest BCUT2D eigenvalue weighted by molar-refractivity contribution is 5.92. The standard InChI is InChI=1S/C19H20F4N4O/c1-2-25-18(26-10-12-4-3-5-13(8-12)17(24)28)27-11-14-6-7-15(20)9-16(14)19(21,22)23/h3-9H,2,10-11H2,1H3,(H2,24,28)(H2,25,26,27). The van der Waals surface area contributed by atoms with Gasteiger partial charge >= 0.3 is 6.18 Å². The number of primary amides is 1. The molecule has 0 unspecified atom stereocenters. The second kappa shape index (κ2) is 9.20. The van der Waals surface area contributed by atoms with Crippen LogP contribution in [0.25, 0.3) is 0 Å². The van der Waals surface area contributed by atoms with Gasteiger partial charge in [0, 0.05) is 18.7 Å². The van der Waals surface area contributed by atoms with Gasteiger partial charge in [-0.15, -0.1) is 0 Å². The number of hydrogen-bond acceptors (Lipinski definition) is 2. The zero-order chi connectivity index (χ0) is 20.7. The van der Waals surface area contributed by atoms with E-state index in [1.165, 1.54) is 0 Å². The summed E-state index contributed by atoms with van der Waals surface area (Å²) in [6.45, 7) is 2.29. The third-order valence-electron chi connectivity index (χ3n) is 3.80. The maximum atomic E-state index is 13.2. The van der Waals surface area contributed by atoms with Crippen LogP contribution in [0.5, 0.6) is 0 Å². The minimum atomic E-state index is -4.66. The molecule has 0 saturated heterocycles. The third kappa shape index (κ3) is 5.97. The Morgan fingerprint density at radius 3 is 2.54 bits per heavy atom. The van der Waals surface area contributed by atoms with E-state index in [0.717, 1.165) is 12.1 Å². The predicted molar refractivity (Wildman–Crippen MR) is 98.0 cm³/mol. The first-order valence-corrected chi connectivity index (χ1v) is 8.47. The molecule has 1 amide bonds. The summed E-state index contributed by atoms with van der Waals surface area (Å²) in [5.74, 6) is -1.23. The molecule has 0 spiro atoms. The minimum Gasteiger partial charge on any atom is -0.366 e. The van der Waals surface area contributed by atoms with Crippen LogP contribution in [-0.2, 0) is 19.3 Å². The van der Waals surface area contributed by atoms with E-state index in [1.807, 2.05) is 6.92 Å².